The molecule has 2 saturated carbocycles. The van der Waals surface area contributed by atoms with Gasteiger partial charge in [0, 0.05) is 12.6 Å². The van der Waals surface area contributed by atoms with Crippen LogP contribution in [-0.2, 0) is 0 Å². The van der Waals surface area contributed by atoms with E-state index in [-0.39, 0.29) is 0 Å². The van der Waals surface area contributed by atoms with Gasteiger partial charge in [-0.15, -0.1) is 0 Å². The lowest BCUT2D eigenvalue weighted by Gasteiger charge is -2.34. The molecule has 2 aliphatic carbocycles. The Labute approximate surface area is 106 Å². The van der Waals surface area contributed by atoms with Gasteiger partial charge in [-0.05, 0) is 50.0 Å². The molecule has 2 heteroatoms. The average molecular weight is 239 g/mol. The zero-order valence-corrected chi connectivity index (χ0v) is 11.3. The molecule has 0 radical (unpaired) electrons. The lowest BCUT2D eigenvalue weighted by Crippen LogP contribution is -2.39. The van der Waals surface area contributed by atoms with Crippen molar-refractivity contribution in [2.75, 3.05) is 13.2 Å². The summed E-state index contributed by atoms with van der Waals surface area (Å²) in [6, 6.07) is 0.750. The maximum atomic E-state index is 9.41. The number of hydrogen-bond donors (Lipinski definition) is 2. The molecule has 0 aromatic carbocycles. The van der Waals surface area contributed by atoms with E-state index in [1.54, 1.807) is 0 Å². The Hall–Kier alpha value is -0.0800. The fourth-order valence-electron chi connectivity index (χ4n) is 3.73. The van der Waals surface area contributed by atoms with Crippen molar-refractivity contribution >= 4 is 0 Å². The zero-order chi connectivity index (χ0) is 12.1. The van der Waals surface area contributed by atoms with E-state index in [1.165, 1.54) is 51.4 Å². The first-order valence-electron chi connectivity index (χ1n) is 7.64. The van der Waals surface area contributed by atoms with Gasteiger partial charge in [0.1, 0.15) is 0 Å². The Bertz CT molecular complexity index is 219. The van der Waals surface area contributed by atoms with Crippen LogP contribution in [0.1, 0.15) is 58.3 Å². The summed E-state index contributed by atoms with van der Waals surface area (Å²) in [6.07, 6.45) is 10.8. The predicted molar refractivity (Wildman–Crippen MR) is 72.0 cm³/mol. The molecule has 0 amide bonds. The molecule has 2 N–H and O–H groups in total. The van der Waals surface area contributed by atoms with E-state index >= 15 is 0 Å². The minimum atomic E-state index is 0.396. The number of aliphatic hydroxyl groups is 1. The highest BCUT2D eigenvalue weighted by Crippen LogP contribution is 2.30. The number of nitrogens with one attached hydrogen (secondary N) is 1. The largest absolute Gasteiger partial charge is 0.396 e. The van der Waals surface area contributed by atoms with Crippen LogP contribution in [0.4, 0.5) is 0 Å². The Morgan fingerprint density at radius 2 is 1.76 bits per heavy atom. The third-order valence-corrected chi connectivity index (χ3v) is 4.91. The summed E-state index contributed by atoms with van der Waals surface area (Å²) in [7, 11) is 0. The molecule has 4 atom stereocenters. The van der Waals surface area contributed by atoms with Crippen molar-refractivity contribution in [3.8, 4) is 0 Å². The van der Waals surface area contributed by atoms with Crippen molar-refractivity contribution < 1.29 is 5.11 Å². The Morgan fingerprint density at radius 3 is 2.47 bits per heavy atom. The molecule has 2 fully saturated rings. The highest BCUT2D eigenvalue weighted by Gasteiger charge is 2.26. The van der Waals surface area contributed by atoms with E-state index in [9.17, 15) is 5.11 Å². The molecule has 0 aromatic heterocycles. The van der Waals surface area contributed by atoms with Gasteiger partial charge in [-0.1, -0.05) is 32.6 Å². The zero-order valence-electron chi connectivity index (χ0n) is 11.3. The maximum Gasteiger partial charge on any atom is 0.0462 e. The summed E-state index contributed by atoms with van der Waals surface area (Å²) in [5.74, 6) is 2.20. The van der Waals surface area contributed by atoms with Crippen molar-refractivity contribution in [2.45, 2.75) is 64.3 Å². The first kappa shape index (κ1) is 13.4. The summed E-state index contributed by atoms with van der Waals surface area (Å²) >= 11 is 0. The monoisotopic (exact) mass is 239 g/mol. The van der Waals surface area contributed by atoms with Crippen LogP contribution in [0.5, 0.6) is 0 Å². The molecule has 0 aliphatic heterocycles. The second-order valence-electron chi connectivity index (χ2n) is 6.36. The summed E-state index contributed by atoms with van der Waals surface area (Å²) in [4.78, 5) is 0. The van der Waals surface area contributed by atoms with Crippen LogP contribution < -0.4 is 5.32 Å². The molecule has 4 unspecified atom stereocenters. The van der Waals surface area contributed by atoms with E-state index < -0.39 is 0 Å². The van der Waals surface area contributed by atoms with Gasteiger partial charge in [0.25, 0.3) is 0 Å². The number of hydrogen-bond acceptors (Lipinski definition) is 2. The SMILES string of the molecule is CC1CCCC(NCC2CCCCC2CO)C1. The lowest BCUT2D eigenvalue weighted by atomic mass is 9.79. The van der Waals surface area contributed by atoms with Crippen LogP contribution in [0.3, 0.4) is 0 Å². The fraction of sp³-hybridized carbons (Fsp3) is 1.00. The molecule has 0 saturated heterocycles. The molecule has 0 bridgehead atoms. The van der Waals surface area contributed by atoms with Crippen LogP contribution in [0.15, 0.2) is 0 Å². The van der Waals surface area contributed by atoms with Crippen LogP contribution in [0.2, 0.25) is 0 Å². The molecule has 17 heavy (non-hydrogen) atoms. The van der Waals surface area contributed by atoms with Gasteiger partial charge in [0.15, 0.2) is 0 Å². The standard InChI is InChI=1S/C15H29NO/c1-12-5-4-8-15(9-12)16-10-13-6-2-3-7-14(13)11-17/h12-17H,2-11H2,1H3. The molecular formula is C15H29NO. The average Bonchev–Trinajstić information content (AvgIpc) is 2.37. The van der Waals surface area contributed by atoms with Crippen LogP contribution in [0.25, 0.3) is 0 Å². The quantitative estimate of drug-likeness (QED) is 0.790. The highest BCUT2D eigenvalue weighted by atomic mass is 16.3. The summed E-state index contributed by atoms with van der Waals surface area (Å²) < 4.78 is 0. The first-order valence-corrected chi connectivity index (χ1v) is 7.64. The van der Waals surface area contributed by atoms with E-state index in [0.717, 1.165) is 24.4 Å². The molecular weight excluding hydrogens is 210 g/mol. The first-order chi connectivity index (χ1) is 8.29. The molecule has 0 heterocycles. The Morgan fingerprint density at radius 1 is 1.00 bits per heavy atom. The minimum Gasteiger partial charge on any atom is -0.396 e. The number of aliphatic hydroxyl groups excluding tert-OH is 1. The Kier molecular flexibility index (Phi) is 5.30. The van der Waals surface area contributed by atoms with Crippen molar-refractivity contribution in [1.29, 1.82) is 0 Å². The van der Waals surface area contributed by atoms with Crippen LogP contribution in [-0.4, -0.2) is 24.3 Å². The molecule has 100 valence electrons. The van der Waals surface area contributed by atoms with Gasteiger partial charge < -0.3 is 10.4 Å². The van der Waals surface area contributed by atoms with Crippen LogP contribution in [0, 0.1) is 17.8 Å². The van der Waals surface area contributed by atoms with Gasteiger partial charge in [-0.3, -0.25) is 0 Å². The van der Waals surface area contributed by atoms with Gasteiger partial charge in [0.05, 0.1) is 0 Å². The van der Waals surface area contributed by atoms with E-state index in [0.29, 0.717) is 12.5 Å². The van der Waals surface area contributed by atoms with E-state index in [1.807, 2.05) is 0 Å². The normalized spacial score (nSPS) is 39.2. The topological polar surface area (TPSA) is 32.3 Å². The predicted octanol–water partition coefficient (Wildman–Crippen LogP) is 2.95. The third kappa shape index (κ3) is 3.96. The van der Waals surface area contributed by atoms with E-state index in [4.69, 9.17) is 0 Å². The van der Waals surface area contributed by atoms with E-state index in [2.05, 4.69) is 12.2 Å². The van der Waals surface area contributed by atoms with Gasteiger partial charge in [-0.25, -0.2) is 0 Å². The third-order valence-electron chi connectivity index (χ3n) is 4.91. The molecule has 2 nitrogen and oxygen atoms in total. The maximum absolute atomic E-state index is 9.41. The lowest BCUT2D eigenvalue weighted by molar-refractivity contribution is 0.128. The highest BCUT2D eigenvalue weighted by molar-refractivity contribution is 4.81. The van der Waals surface area contributed by atoms with Crippen molar-refractivity contribution in [2.24, 2.45) is 17.8 Å². The van der Waals surface area contributed by atoms with Crippen molar-refractivity contribution in [1.82, 2.24) is 5.32 Å². The molecule has 2 aliphatic rings. The minimum absolute atomic E-state index is 0.396. The van der Waals surface area contributed by atoms with Gasteiger partial charge >= 0.3 is 0 Å². The second-order valence-corrected chi connectivity index (χ2v) is 6.36. The van der Waals surface area contributed by atoms with Crippen molar-refractivity contribution in [3.63, 3.8) is 0 Å². The Balaban J connectivity index is 1.72. The smallest absolute Gasteiger partial charge is 0.0462 e. The second kappa shape index (κ2) is 6.75. The van der Waals surface area contributed by atoms with Crippen molar-refractivity contribution in [3.05, 3.63) is 0 Å². The summed E-state index contributed by atoms with van der Waals surface area (Å²) in [5.41, 5.74) is 0. The van der Waals surface area contributed by atoms with Gasteiger partial charge in [-0.2, -0.15) is 0 Å². The number of rotatable bonds is 4. The molecule has 2 rings (SSSR count). The molecule has 0 spiro atoms. The molecule has 0 aromatic rings. The summed E-state index contributed by atoms with van der Waals surface area (Å²) in [5, 5.41) is 13.2. The fourth-order valence-corrected chi connectivity index (χ4v) is 3.73. The summed E-state index contributed by atoms with van der Waals surface area (Å²) in [6.45, 7) is 3.92. The van der Waals surface area contributed by atoms with Crippen LogP contribution >= 0.6 is 0 Å². The van der Waals surface area contributed by atoms with Gasteiger partial charge in [0.2, 0.25) is 0 Å².